The third-order valence-corrected chi connectivity index (χ3v) is 3.54. The minimum atomic E-state index is 0.484. The lowest BCUT2D eigenvalue weighted by Gasteiger charge is -2.36. The molecule has 0 radical (unpaired) electrons. The number of nitrogens with one attached hydrogen (secondary N) is 2. The summed E-state index contributed by atoms with van der Waals surface area (Å²) >= 11 is 0. The monoisotopic (exact) mass is 204 g/mol. The fraction of sp³-hybridized carbons (Fsp3) is 0.636. The summed E-state index contributed by atoms with van der Waals surface area (Å²) in [6.07, 6.45) is 4.43. The highest BCUT2D eigenvalue weighted by atomic mass is 15.1. The fourth-order valence-electron chi connectivity index (χ4n) is 2.64. The highest BCUT2D eigenvalue weighted by Crippen LogP contribution is 2.45. The number of rotatable bonds is 3. The molecule has 1 saturated carbocycles. The fourth-order valence-corrected chi connectivity index (χ4v) is 2.64. The van der Waals surface area contributed by atoms with Crippen LogP contribution in [0.4, 0.5) is 5.95 Å². The molecule has 3 fully saturated rings. The van der Waals surface area contributed by atoms with Gasteiger partial charge in [0.1, 0.15) is 0 Å². The topological polar surface area (TPSA) is 49.8 Å². The standard InChI is InChI=1S/C11H16N4/c1-8-2-3-12-10(15-8)14-7-11-4-9(5-11)13-6-11/h2-3,9,13H,4-7H2,1H3,(H,12,14,15). The Morgan fingerprint density at radius 3 is 3.13 bits per heavy atom. The Morgan fingerprint density at radius 1 is 1.60 bits per heavy atom. The van der Waals surface area contributed by atoms with E-state index in [1.165, 1.54) is 12.8 Å². The molecule has 0 spiro atoms. The van der Waals surface area contributed by atoms with Gasteiger partial charge >= 0.3 is 0 Å². The average molecular weight is 204 g/mol. The molecule has 1 aliphatic carbocycles. The molecule has 3 aliphatic rings. The Balaban J connectivity index is 1.62. The summed E-state index contributed by atoms with van der Waals surface area (Å²) in [5.41, 5.74) is 1.50. The van der Waals surface area contributed by atoms with Crippen LogP contribution in [-0.4, -0.2) is 29.1 Å². The van der Waals surface area contributed by atoms with Crippen LogP contribution in [0, 0.1) is 12.3 Å². The number of hydrogen-bond acceptors (Lipinski definition) is 4. The van der Waals surface area contributed by atoms with E-state index in [4.69, 9.17) is 0 Å². The average Bonchev–Trinajstić information content (AvgIpc) is 2.73. The molecule has 0 aromatic carbocycles. The van der Waals surface area contributed by atoms with Crippen molar-refractivity contribution >= 4 is 5.95 Å². The van der Waals surface area contributed by atoms with Crippen molar-refractivity contribution in [2.45, 2.75) is 25.8 Å². The predicted molar refractivity (Wildman–Crippen MR) is 58.7 cm³/mol. The highest BCUT2D eigenvalue weighted by Gasteiger charge is 2.49. The van der Waals surface area contributed by atoms with Crippen LogP contribution in [-0.2, 0) is 0 Å². The smallest absolute Gasteiger partial charge is 0.222 e. The molecule has 4 heteroatoms. The van der Waals surface area contributed by atoms with Crippen LogP contribution in [0.15, 0.2) is 12.3 Å². The van der Waals surface area contributed by atoms with Gasteiger partial charge in [-0.3, -0.25) is 0 Å². The van der Waals surface area contributed by atoms with Gasteiger partial charge in [0.05, 0.1) is 0 Å². The van der Waals surface area contributed by atoms with E-state index in [9.17, 15) is 0 Å². The number of aryl methyl sites for hydroxylation is 1. The van der Waals surface area contributed by atoms with Crippen molar-refractivity contribution in [2.75, 3.05) is 18.4 Å². The predicted octanol–water partition coefficient (Wildman–Crippen LogP) is 0.949. The minimum absolute atomic E-state index is 0.484. The number of anilines is 1. The lowest BCUT2D eigenvalue weighted by Crippen LogP contribution is -2.39. The molecule has 0 atom stereocenters. The van der Waals surface area contributed by atoms with Gasteiger partial charge < -0.3 is 10.6 Å². The molecule has 2 bridgehead atoms. The molecule has 2 saturated heterocycles. The highest BCUT2D eigenvalue weighted by molar-refractivity contribution is 5.26. The molecular weight excluding hydrogens is 188 g/mol. The maximum absolute atomic E-state index is 4.34. The summed E-state index contributed by atoms with van der Waals surface area (Å²) in [7, 11) is 0. The molecule has 4 nitrogen and oxygen atoms in total. The van der Waals surface area contributed by atoms with Gasteiger partial charge in [0.25, 0.3) is 0 Å². The van der Waals surface area contributed by atoms with Crippen LogP contribution < -0.4 is 10.6 Å². The largest absolute Gasteiger partial charge is 0.354 e. The van der Waals surface area contributed by atoms with Crippen molar-refractivity contribution in [3.63, 3.8) is 0 Å². The zero-order valence-corrected chi connectivity index (χ0v) is 8.95. The van der Waals surface area contributed by atoms with Gasteiger partial charge in [-0.25, -0.2) is 9.97 Å². The maximum atomic E-state index is 4.34. The maximum Gasteiger partial charge on any atom is 0.222 e. The van der Waals surface area contributed by atoms with Crippen molar-refractivity contribution in [2.24, 2.45) is 5.41 Å². The van der Waals surface area contributed by atoms with Crippen molar-refractivity contribution in [1.29, 1.82) is 0 Å². The molecule has 1 aromatic heterocycles. The van der Waals surface area contributed by atoms with Crippen LogP contribution >= 0.6 is 0 Å². The van der Waals surface area contributed by atoms with E-state index in [2.05, 4.69) is 20.6 Å². The molecule has 0 amide bonds. The van der Waals surface area contributed by atoms with E-state index >= 15 is 0 Å². The Labute approximate surface area is 89.5 Å². The number of fused-ring (bicyclic) bond motifs is 1. The second kappa shape index (κ2) is 3.17. The summed E-state index contributed by atoms with van der Waals surface area (Å²) in [6.45, 7) is 4.14. The summed E-state index contributed by atoms with van der Waals surface area (Å²) < 4.78 is 0. The van der Waals surface area contributed by atoms with Gasteiger partial charge in [-0.15, -0.1) is 0 Å². The molecule has 2 N–H and O–H groups in total. The Hall–Kier alpha value is -1.16. The minimum Gasteiger partial charge on any atom is -0.354 e. The van der Waals surface area contributed by atoms with Crippen molar-refractivity contribution in [3.05, 3.63) is 18.0 Å². The van der Waals surface area contributed by atoms with Crippen molar-refractivity contribution < 1.29 is 0 Å². The summed E-state index contributed by atoms with van der Waals surface area (Å²) in [5, 5.41) is 6.84. The van der Waals surface area contributed by atoms with Gasteiger partial charge in [-0.1, -0.05) is 0 Å². The zero-order valence-electron chi connectivity index (χ0n) is 8.95. The van der Waals surface area contributed by atoms with Gasteiger partial charge in [0, 0.05) is 36.4 Å². The normalized spacial score (nSPS) is 32.5. The number of nitrogens with zero attached hydrogens (tertiary/aromatic N) is 2. The van der Waals surface area contributed by atoms with Crippen LogP contribution in [0.5, 0.6) is 0 Å². The molecule has 4 rings (SSSR count). The first kappa shape index (κ1) is 9.09. The van der Waals surface area contributed by atoms with E-state index in [1.807, 2.05) is 13.0 Å². The van der Waals surface area contributed by atoms with E-state index in [1.54, 1.807) is 6.20 Å². The van der Waals surface area contributed by atoms with E-state index < -0.39 is 0 Å². The molecule has 0 unspecified atom stereocenters. The molecule has 80 valence electrons. The van der Waals surface area contributed by atoms with Crippen molar-refractivity contribution in [3.8, 4) is 0 Å². The molecule has 2 aliphatic heterocycles. The van der Waals surface area contributed by atoms with Crippen LogP contribution in [0.2, 0.25) is 0 Å². The van der Waals surface area contributed by atoms with Gasteiger partial charge in [-0.05, 0) is 25.8 Å². The summed E-state index contributed by atoms with van der Waals surface area (Å²) in [6, 6.07) is 2.70. The molecular formula is C11H16N4. The second-order valence-electron chi connectivity index (χ2n) is 4.86. The first-order chi connectivity index (χ1) is 7.26. The first-order valence-corrected chi connectivity index (χ1v) is 5.53. The molecule has 3 heterocycles. The van der Waals surface area contributed by atoms with Crippen LogP contribution in [0.1, 0.15) is 18.5 Å². The van der Waals surface area contributed by atoms with Crippen LogP contribution in [0.25, 0.3) is 0 Å². The SMILES string of the molecule is Cc1ccnc(NCC23CNC(C2)C3)n1. The van der Waals surface area contributed by atoms with Gasteiger partial charge in [0.2, 0.25) is 5.95 Å². The zero-order chi connectivity index (χ0) is 10.3. The van der Waals surface area contributed by atoms with Crippen molar-refractivity contribution in [1.82, 2.24) is 15.3 Å². The lowest BCUT2D eigenvalue weighted by molar-refractivity contribution is 0.215. The van der Waals surface area contributed by atoms with Crippen LogP contribution in [0.3, 0.4) is 0 Å². The van der Waals surface area contributed by atoms with E-state index in [0.717, 1.165) is 30.8 Å². The molecule has 15 heavy (non-hydrogen) atoms. The number of hydrogen-bond donors (Lipinski definition) is 2. The third-order valence-electron chi connectivity index (χ3n) is 3.54. The Kier molecular flexibility index (Phi) is 1.92. The van der Waals surface area contributed by atoms with Gasteiger partial charge in [0.15, 0.2) is 0 Å². The Morgan fingerprint density at radius 2 is 2.47 bits per heavy atom. The Bertz CT molecular complexity index is 365. The lowest BCUT2D eigenvalue weighted by atomic mass is 9.70. The second-order valence-corrected chi connectivity index (χ2v) is 4.86. The third kappa shape index (κ3) is 1.59. The quantitative estimate of drug-likeness (QED) is 0.769. The number of aromatic nitrogens is 2. The summed E-state index contributed by atoms with van der Waals surface area (Å²) in [4.78, 5) is 8.55. The van der Waals surface area contributed by atoms with E-state index in [-0.39, 0.29) is 0 Å². The first-order valence-electron chi connectivity index (χ1n) is 5.53. The van der Waals surface area contributed by atoms with Gasteiger partial charge in [-0.2, -0.15) is 0 Å². The molecule has 1 aromatic rings. The van der Waals surface area contributed by atoms with E-state index in [0.29, 0.717) is 5.41 Å². The summed E-state index contributed by atoms with van der Waals surface area (Å²) in [5.74, 6) is 0.764.